The van der Waals surface area contributed by atoms with Crippen LogP contribution in [0, 0.1) is 12.7 Å². The molecule has 2 aromatic rings. The van der Waals surface area contributed by atoms with E-state index >= 15 is 0 Å². The van der Waals surface area contributed by atoms with Gasteiger partial charge < -0.3 is 10.0 Å². The molecule has 0 saturated carbocycles. The van der Waals surface area contributed by atoms with E-state index in [1.807, 2.05) is 18.9 Å². The van der Waals surface area contributed by atoms with Crippen LogP contribution in [0.25, 0.3) is 0 Å². The summed E-state index contributed by atoms with van der Waals surface area (Å²) in [6.07, 6.45) is -0.655. The van der Waals surface area contributed by atoms with Crippen molar-refractivity contribution >= 4 is 17.0 Å². The zero-order valence-electron chi connectivity index (χ0n) is 11.2. The Morgan fingerprint density at radius 1 is 1.47 bits per heavy atom. The van der Waals surface area contributed by atoms with Gasteiger partial charge in [-0.15, -0.1) is 11.3 Å². The van der Waals surface area contributed by atoms with Crippen LogP contribution in [0.15, 0.2) is 23.7 Å². The third kappa shape index (κ3) is 3.11. The first kappa shape index (κ1) is 14.0. The van der Waals surface area contributed by atoms with E-state index in [-0.39, 0.29) is 5.82 Å². The number of halogens is 1. The van der Waals surface area contributed by atoms with E-state index in [4.69, 9.17) is 0 Å². The number of benzene rings is 1. The fraction of sp³-hybridized carbons (Fsp3) is 0.357. The van der Waals surface area contributed by atoms with Crippen LogP contribution in [-0.2, 0) is 6.54 Å². The van der Waals surface area contributed by atoms with Crippen molar-refractivity contribution in [1.82, 2.24) is 4.98 Å². The molecule has 0 radical (unpaired) electrons. The van der Waals surface area contributed by atoms with Crippen molar-refractivity contribution in [2.75, 3.05) is 11.9 Å². The van der Waals surface area contributed by atoms with Crippen molar-refractivity contribution in [3.8, 4) is 0 Å². The third-order valence-electron chi connectivity index (χ3n) is 3.09. The lowest BCUT2D eigenvalue weighted by molar-refractivity contribution is 0.199. The molecule has 0 bridgehead atoms. The molecule has 0 aliphatic heterocycles. The molecule has 0 aliphatic carbocycles. The molecule has 19 heavy (non-hydrogen) atoms. The minimum atomic E-state index is -0.655. The Kier molecular flexibility index (Phi) is 4.17. The first-order valence-corrected chi connectivity index (χ1v) is 6.94. The van der Waals surface area contributed by atoms with Gasteiger partial charge in [-0.3, -0.25) is 0 Å². The van der Waals surface area contributed by atoms with E-state index in [0.29, 0.717) is 17.8 Å². The lowest BCUT2D eigenvalue weighted by atomic mass is 10.1. The van der Waals surface area contributed by atoms with Gasteiger partial charge in [0.2, 0.25) is 0 Å². The molecule has 1 heterocycles. The number of aryl methyl sites for hydroxylation is 1. The molecule has 0 unspecified atom stereocenters. The van der Waals surface area contributed by atoms with E-state index < -0.39 is 6.10 Å². The smallest absolute Gasteiger partial charge is 0.146 e. The first-order valence-electron chi connectivity index (χ1n) is 6.06. The maximum atomic E-state index is 14.0. The molecule has 102 valence electrons. The lowest BCUT2D eigenvalue weighted by Crippen LogP contribution is -2.17. The molecule has 0 saturated heterocycles. The van der Waals surface area contributed by atoms with Crippen LogP contribution in [-0.4, -0.2) is 17.1 Å². The number of aliphatic hydroxyl groups excluding tert-OH is 1. The summed E-state index contributed by atoms with van der Waals surface area (Å²) in [7, 11) is 1.85. The number of thiazole rings is 1. The van der Waals surface area contributed by atoms with E-state index in [1.54, 1.807) is 35.9 Å². The summed E-state index contributed by atoms with van der Waals surface area (Å²) < 4.78 is 14.0. The normalized spacial score (nSPS) is 12.5. The Morgan fingerprint density at radius 3 is 2.74 bits per heavy atom. The van der Waals surface area contributed by atoms with Crippen molar-refractivity contribution in [2.45, 2.75) is 26.5 Å². The molecule has 1 aromatic heterocycles. The van der Waals surface area contributed by atoms with Gasteiger partial charge >= 0.3 is 0 Å². The van der Waals surface area contributed by atoms with E-state index in [2.05, 4.69) is 4.98 Å². The maximum Gasteiger partial charge on any atom is 0.146 e. The molecule has 5 heteroatoms. The second kappa shape index (κ2) is 5.67. The highest BCUT2D eigenvalue weighted by atomic mass is 32.1. The summed E-state index contributed by atoms with van der Waals surface area (Å²) in [5.41, 5.74) is 3.89. The SMILES string of the molecule is Cc1ncsc1CN(C)c1ccc([C@@H](C)O)cc1F. The van der Waals surface area contributed by atoms with Crippen LogP contribution in [0.4, 0.5) is 10.1 Å². The Labute approximate surface area is 116 Å². The molecule has 1 N–H and O–H groups in total. The average Bonchev–Trinajstić information content (AvgIpc) is 2.74. The fourth-order valence-corrected chi connectivity index (χ4v) is 2.70. The Balaban J connectivity index is 2.20. The molecular weight excluding hydrogens is 263 g/mol. The molecule has 3 nitrogen and oxygen atoms in total. The van der Waals surface area contributed by atoms with Crippen LogP contribution in [0.5, 0.6) is 0 Å². The molecule has 2 rings (SSSR count). The maximum absolute atomic E-state index is 14.0. The summed E-state index contributed by atoms with van der Waals surface area (Å²) >= 11 is 1.57. The Hall–Kier alpha value is -1.46. The largest absolute Gasteiger partial charge is 0.389 e. The number of hydrogen-bond acceptors (Lipinski definition) is 4. The summed E-state index contributed by atoms with van der Waals surface area (Å²) in [5.74, 6) is -0.317. The predicted octanol–water partition coefficient (Wildman–Crippen LogP) is 3.28. The summed E-state index contributed by atoms with van der Waals surface area (Å²) in [6, 6.07) is 4.84. The molecule has 0 spiro atoms. The first-order chi connectivity index (χ1) is 8.99. The number of anilines is 1. The highest BCUT2D eigenvalue weighted by molar-refractivity contribution is 7.09. The van der Waals surface area contributed by atoms with Crippen LogP contribution in [0.1, 0.15) is 29.2 Å². The quantitative estimate of drug-likeness (QED) is 0.933. The van der Waals surface area contributed by atoms with E-state index in [9.17, 15) is 9.50 Å². The standard InChI is InChI=1S/C14H17FN2OS/c1-9-14(19-8-16-9)7-17(3)13-5-4-11(10(2)18)6-12(13)15/h4-6,8,10,18H,7H2,1-3H3/t10-/m1/s1. The highest BCUT2D eigenvalue weighted by Gasteiger charge is 2.12. The van der Waals surface area contributed by atoms with Gasteiger partial charge in [-0.25, -0.2) is 9.37 Å². The summed E-state index contributed by atoms with van der Waals surface area (Å²) in [6.45, 7) is 4.20. The van der Waals surface area contributed by atoms with Gasteiger partial charge in [0.25, 0.3) is 0 Å². The van der Waals surface area contributed by atoms with Gasteiger partial charge in [-0.1, -0.05) is 6.07 Å². The van der Waals surface area contributed by atoms with Gasteiger partial charge in [0.05, 0.1) is 29.5 Å². The van der Waals surface area contributed by atoms with E-state index in [1.165, 1.54) is 6.07 Å². The second-order valence-corrected chi connectivity index (χ2v) is 5.54. The fourth-order valence-electron chi connectivity index (χ4n) is 1.87. The van der Waals surface area contributed by atoms with Crippen LogP contribution in [0.3, 0.4) is 0 Å². The zero-order valence-corrected chi connectivity index (χ0v) is 12.0. The predicted molar refractivity (Wildman–Crippen MR) is 76.0 cm³/mol. The van der Waals surface area contributed by atoms with Crippen LogP contribution < -0.4 is 4.90 Å². The van der Waals surface area contributed by atoms with Gasteiger partial charge in [-0.05, 0) is 31.5 Å². The van der Waals surface area contributed by atoms with Crippen molar-refractivity contribution in [2.24, 2.45) is 0 Å². The number of aromatic nitrogens is 1. The molecule has 1 atom stereocenters. The van der Waals surface area contributed by atoms with Crippen molar-refractivity contribution in [3.63, 3.8) is 0 Å². The van der Waals surface area contributed by atoms with Crippen LogP contribution in [0.2, 0.25) is 0 Å². The van der Waals surface area contributed by atoms with Crippen molar-refractivity contribution in [1.29, 1.82) is 0 Å². The number of aliphatic hydroxyl groups is 1. The lowest BCUT2D eigenvalue weighted by Gasteiger charge is -2.20. The summed E-state index contributed by atoms with van der Waals surface area (Å²) in [5, 5.41) is 9.43. The number of hydrogen-bond donors (Lipinski definition) is 1. The van der Waals surface area contributed by atoms with Gasteiger partial charge in [0.1, 0.15) is 5.82 Å². The third-order valence-corrected chi connectivity index (χ3v) is 4.01. The monoisotopic (exact) mass is 280 g/mol. The van der Waals surface area contributed by atoms with Crippen LogP contribution >= 0.6 is 11.3 Å². The molecule has 0 fully saturated rings. The number of nitrogens with zero attached hydrogens (tertiary/aromatic N) is 2. The molecular formula is C14H17FN2OS. The van der Waals surface area contributed by atoms with Gasteiger partial charge in [0.15, 0.2) is 0 Å². The minimum Gasteiger partial charge on any atom is -0.389 e. The Morgan fingerprint density at radius 2 is 2.21 bits per heavy atom. The van der Waals surface area contributed by atoms with Gasteiger partial charge in [0, 0.05) is 11.9 Å². The molecule has 0 aliphatic rings. The minimum absolute atomic E-state index is 0.317. The summed E-state index contributed by atoms with van der Waals surface area (Å²) in [4.78, 5) is 7.16. The topological polar surface area (TPSA) is 36.4 Å². The molecule has 1 aromatic carbocycles. The number of rotatable bonds is 4. The zero-order chi connectivity index (χ0) is 14.0. The van der Waals surface area contributed by atoms with Gasteiger partial charge in [-0.2, -0.15) is 0 Å². The van der Waals surface area contributed by atoms with E-state index in [0.717, 1.165) is 10.6 Å². The van der Waals surface area contributed by atoms with Crippen molar-refractivity contribution < 1.29 is 9.50 Å². The second-order valence-electron chi connectivity index (χ2n) is 4.60. The Bertz CT molecular complexity index is 568. The highest BCUT2D eigenvalue weighted by Crippen LogP contribution is 2.25. The average molecular weight is 280 g/mol. The molecule has 0 amide bonds. The van der Waals surface area contributed by atoms with Crippen molar-refractivity contribution in [3.05, 3.63) is 45.7 Å².